The Hall–Kier alpha value is -3.90. The summed E-state index contributed by atoms with van der Waals surface area (Å²) >= 11 is 0. The van der Waals surface area contributed by atoms with Gasteiger partial charge in [0.15, 0.2) is 0 Å². The zero-order chi connectivity index (χ0) is 25.7. The van der Waals surface area contributed by atoms with Gasteiger partial charge >= 0.3 is 6.03 Å². The quantitative estimate of drug-likeness (QED) is 0.504. The molecule has 188 valence electrons. The summed E-state index contributed by atoms with van der Waals surface area (Å²) < 4.78 is 16.6. The van der Waals surface area contributed by atoms with Gasteiger partial charge in [-0.05, 0) is 56.5 Å². The van der Waals surface area contributed by atoms with Crippen molar-refractivity contribution in [3.63, 3.8) is 0 Å². The van der Waals surface area contributed by atoms with Crippen LogP contribution in [0.4, 0.5) is 4.79 Å². The molecule has 1 aliphatic heterocycles. The standard InChI is InChI=1S/C27H31N5O4/c1-5-23(29-27(33)32-11-13-34-14-12-32)21-7-6-8-22(18(21)4)25-30-26(36-31-25)19-9-10-24(35-17(2)3)20(15-19)16-28/h6-10,15,17,23H,5,11-14H2,1-4H3,(H,29,33)/t23-/m0/s1. The molecule has 0 bridgehead atoms. The third-order valence-electron chi connectivity index (χ3n) is 6.13. The van der Waals surface area contributed by atoms with Gasteiger partial charge in [0, 0.05) is 24.2 Å². The van der Waals surface area contributed by atoms with Crippen LogP contribution in [0.2, 0.25) is 0 Å². The summed E-state index contributed by atoms with van der Waals surface area (Å²) in [6.45, 7) is 10.2. The first-order chi connectivity index (χ1) is 17.4. The van der Waals surface area contributed by atoms with E-state index < -0.39 is 0 Å². The van der Waals surface area contributed by atoms with Crippen molar-refractivity contribution in [2.24, 2.45) is 0 Å². The van der Waals surface area contributed by atoms with Crippen molar-refractivity contribution < 1.29 is 18.8 Å². The highest BCUT2D eigenvalue weighted by molar-refractivity contribution is 5.75. The fourth-order valence-electron chi connectivity index (χ4n) is 4.24. The number of ether oxygens (including phenoxy) is 2. The fraction of sp³-hybridized carbons (Fsp3) is 0.407. The molecule has 1 aliphatic rings. The smallest absolute Gasteiger partial charge is 0.318 e. The molecule has 0 radical (unpaired) electrons. The summed E-state index contributed by atoms with van der Waals surface area (Å²) in [5.74, 6) is 1.28. The molecule has 36 heavy (non-hydrogen) atoms. The van der Waals surface area contributed by atoms with Crippen LogP contribution in [0.25, 0.3) is 22.8 Å². The Morgan fingerprint density at radius 3 is 2.72 bits per heavy atom. The topological polar surface area (TPSA) is 114 Å². The number of benzene rings is 2. The zero-order valence-electron chi connectivity index (χ0n) is 21.1. The number of rotatable bonds is 7. The minimum absolute atomic E-state index is 0.0428. The maximum atomic E-state index is 12.8. The highest BCUT2D eigenvalue weighted by atomic mass is 16.5. The second-order valence-corrected chi connectivity index (χ2v) is 8.94. The normalized spacial score (nSPS) is 14.4. The lowest BCUT2D eigenvalue weighted by atomic mass is 9.95. The fourth-order valence-corrected chi connectivity index (χ4v) is 4.24. The average Bonchev–Trinajstić information content (AvgIpc) is 3.38. The van der Waals surface area contributed by atoms with Crippen LogP contribution < -0.4 is 10.1 Å². The van der Waals surface area contributed by atoms with Crippen LogP contribution in [0.1, 0.15) is 49.9 Å². The molecule has 1 atom stereocenters. The number of aromatic nitrogens is 2. The summed E-state index contributed by atoms with van der Waals surface area (Å²) in [7, 11) is 0. The number of carbonyl (C=O) groups is 1. The van der Waals surface area contributed by atoms with Crippen molar-refractivity contribution in [1.29, 1.82) is 5.26 Å². The number of hydrogen-bond acceptors (Lipinski definition) is 7. The maximum Gasteiger partial charge on any atom is 0.318 e. The molecular formula is C27H31N5O4. The van der Waals surface area contributed by atoms with E-state index in [2.05, 4.69) is 21.5 Å². The molecule has 4 rings (SSSR count). The predicted octanol–water partition coefficient (Wildman–Crippen LogP) is 4.86. The van der Waals surface area contributed by atoms with Crippen LogP contribution in [0.3, 0.4) is 0 Å². The molecule has 3 aromatic rings. The molecule has 0 saturated carbocycles. The van der Waals surface area contributed by atoms with Gasteiger partial charge in [-0.2, -0.15) is 10.2 Å². The molecule has 1 N–H and O–H groups in total. The van der Waals surface area contributed by atoms with E-state index in [4.69, 9.17) is 14.0 Å². The molecule has 2 heterocycles. The second-order valence-electron chi connectivity index (χ2n) is 8.94. The van der Waals surface area contributed by atoms with E-state index in [0.29, 0.717) is 54.9 Å². The molecule has 0 spiro atoms. The highest BCUT2D eigenvalue weighted by Crippen LogP contribution is 2.31. The summed E-state index contributed by atoms with van der Waals surface area (Å²) in [5.41, 5.74) is 3.84. The van der Waals surface area contributed by atoms with Crippen molar-refractivity contribution in [1.82, 2.24) is 20.4 Å². The van der Waals surface area contributed by atoms with Gasteiger partial charge in [-0.15, -0.1) is 0 Å². The molecular weight excluding hydrogens is 458 g/mol. The number of hydrogen-bond donors (Lipinski definition) is 1. The van der Waals surface area contributed by atoms with E-state index in [1.807, 2.05) is 45.9 Å². The first-order valence-corrected chi connectivity index (χ1v) is 12.2. The van der Waals surface area contributed by atoms with Gasteiger partial charge in [-0.1, -0.05) is 30.3 Å². The Bertz CT molecular complexity index is 1260. The minimum Gasteiger partial charge on any atom is -0.490 e. The number of nitrogens with zero attached hydrogens (tertiary/aromatic N) is 4. The molecule has 0 aliphatic carbocycles. The SMILES string of the molecule is CC[C@H](NC(=O)N1CCOCC1)c1cccc(-c2noc(-c3ccc(OC(C)C)c(C#N)c3)n2)c1C. The molecule has 0 unspecified atom stereocenters. The molecule has 2 amide bonds. The van der Waals surface area contributed by atoms with Gasteiger partial charge in [0.2, 0.25) is 5.82 Å². The monoisotopic (exact) mass is 489 g/mol. The van der Waals surface area contributed by atoms with Gasteiger partial charge in [0.05, 0.1) is 30.9 Å². The van der Waals surface area contributed by atoms with E-state index in [-0.39, 0.29) is 18.2 Å². The Morgan fingerprint density at radius 2 is 2.03 bits per heavy atom. The Morgan fingerprint density at radius 1 is 1.25 bits per heavy atom. The zero-order valence-corrected chi connectivity index (χ0v) is 21.1. The predicted molar refractivity (Wildman–Crippen MR) is 134 cm³/mol. The van der Waals surface area contributed by atoms with Crippen molar-refractivity contribution in [3.05, 3.63) is 53.1 Å². The first-order valence-electron chi connectivity index (χ1n) is 12.2. The van der Waals surface area contributed by atoms with E-state index in [9.17, 15) is 10.1 Å². The first kappa shape index (κ1) is 25.2. The Kier molecular flexibility index (Phi) is 7.86. The van der Waals surface area contributed by atoms with E-state index in [1.165, 1.54) is 0 Å². The van der Waals surface area contributed by atoms with Gasteiger partial charge in [-0.25, -0.2) is 4.79 Å². The number of carbonyl (C=O) groups excluding carboxylic acids is 1. The lowest BCUT2D eigenvalue weighted by molar-refractivity contribution is 0.0524. The minimum atomic E-state index is -0.154. The lowest BCUT2D eigenvalue weighted by Gasteiger charge is -2.29. The van der Waals surface area contributed by atoms with Crippen LogP contribution in [0, 0.1) is 18.3 Å². The van der Waals surface area contributed by atoms with Crippen LogP contribution in [0.15, 0.2) is 40.9 Å². The third kappa shape index (κ3) is 5.50. The average molecular weight is 490 g/mol. The van der Waals surface area contributed by atoms with E-state index >= 15 is 0 Å². The van der Waals surface area contributed by atoms with E-state index in [1.54, 1.807) is 23.1 Å². The van der Waals surface area contributed by atoms with Crippen LogP contribution in [0.5, 0.6) is 5.75 Å². The van der Waals surface area contributed by atoms with Crippen molar-refractivity contribution in [2.75, 3.05) is 26.3 Å². The van der Waals surface area contributed by atoms with Gasteiger partial charge < -0.3 is 24.2 Å². The van der Waals surface area contributed by atoms with Crippen molar-refractivity contribution in [3.8, 4) is 34.7 Å². The second kappa shape index (κ2) is 11.2. The van der Waals surface area contributed by atoms with Gasteiger partial charge in [-0.3, -0.25) is 0 Å². The molecule has 9 heteroatoms. The summed E-state index contributed by atoms with van der Waals surface area (Å²) in [6.07, 6.45) is 0.693. The number of urea groups is 1. The maximum absolute atomic E-state index is 12.8. The van der Waals surface area contributed by atoms with Crippen LogP contribution >= 0.6 is 0 Å². The summed E-state index contributed by atoms with van der Waals surface area (Å²) in [6, 6.07) is 13.0. The van der Waals surface area contributed by atoms with Gasteiger partial charge in [0.25, 0.3) is 5.89 Å². The number of morpholine rings is 1. The lowest BCUT2D eigenvalue weighted by Crippen LogP contribution is -2.47. The Balaban J connectivity index is 1.58. The summed E-state index contributed by atoms with van der Waals surface area (Å²) in [4.78, 5) is 19.2. The van der Waals surface area contributed by atoms with Crippen LogP contribution in [-0.4, -0.2) is 53.5 Å². The summed E-state index contributed by atoms with van der Waals surface area (Å²) in [5, 5.41) is 16.9. The molecule has 1 aromatic heterocycles. The largest absolute Gasteiger partial charge is 0.490 e. The van der Waals surface area contributed by atoms with Crippen LogP contribution in [-0.2, 0) is 4.74 Å². The molecule has 9 nitrogen and oxygen atoms in total. The van der Waals surface area contributed by atoms with Gasteiger partial charge in [0.1, 0.15) is 11.8 Å². The van der Waals surface area contributed by atoms with Crippen molar-refractivity contribution >= 4 is 6.03 Å². The molecule has 2 aromatic carbocycles. The third-order valence-corrected chi connectivity index (χ3v) is 6.13. The van der Waals surface area contributed by atoms with E-state index in [0.717, 1.165) is 23.1 Å². The molecule has 1 saturated heterocycles. The Labute approximate surface area is 211 Å². The highest BCUT2D eigenvalue weighted by Gasteiger charge is 2.23. The number of amides is 2. The van der Waals surface area contributed by atoms with Crippen molar-refractivity contribution in [2.45, 2.75) is 46.3 Å². The molecule has 1 fully saturated rings. The number of nitrogens with one attached hydrogen (secondary N) is 1. The number of nitriles is 1.